The summed E-state index contributed by atoms with van der Waals surface area (Å²) in [4.78, 5) is 7.01. The van der Waals surface area contributed by atoms with Gasteiger partial charge < -0.3 is 0 Å². The van der Waals surface area contributed by atoms with Gasteiger partial charge >= 0.3 is 0 Å². The number of hydrogen-bond acceptors (Lipinski definition) is 2. The van der Waals surface area contributed by atoms with Gasteiger partial charge in [0.2, 0.25) is 0 Å². The molecule has 0 saturated heterocycles. The third-order valence-electron chi connectivity index (χ3n) is 2.44. The summed E-state index contributed by atoms with van der Waals surface area (Å²) in [7, 11) is 0. The Morgan fingerprint density at radius 2 is 2.12 bits per heavy atom. The fourth-order valence-electron chi connectivity index (χ4n) is 1.67. The first-order valence-corrected chi connectivity index (χ1v) is 6.14. The van der Waals surface area contributed by atoms with Gasteiger partial charge in [-0.25, -0.2) is 4.98 Å². The van der Waals surface area contributed by atoms with Gasteiger partial charge in [-0.05, 0) is 31.2 Å². The summed E-state index contributed by atoms with van der Waals surface area (Å²) in [5.74, 6) is 0. The van der Waals surface area contributed by atoms with E-state index in [1.807, 2.05) is 28.8 Å². The smallest absolute Gasteiger partial charge is 0.138 e. The summed E-state index contributed by atoms with van der Waals surface area (Å²) >= 11 is 7.83. The lowest BCUT2D eigenvalue weighted by atomic mass is 10.4. The van der Waals surface area contributed by atoms with Crippen LogP contribution in [0.4, 0.5) is 0 Å². The van der Waals surface area contributed by atoms with E-state index < -0.39 is 0 Å². The van der Waals surface area contributed by atoms with E-state index in [1.54, 1.807) is 11.3 Å². The van der Waals surface area contributed by atoms with Crippen molar-refractivity contribution in [3.63, 3.8) is 0 Å². The number of hydrogen-bond donors (Lipinski definition) is 0. The van der Waals surface area contributed by atoms with Crippen molar-refractivity contribution in [3.8, 4) is 10.6 Å². The summed E-state index contributed by atoms with van der Waals surface area (Å²) in [5, 5.41) is 0.685. The zero-order chi connectivity index (χ0) is 11.1. The number of halogens is 1. The van der Waals surface area contributed by atoms with Gasteiger partial charge in [-0.3, -0.25) is 4.40 Å². The van der Waals surface area contributed by atoms with Crippen molar-refractivity contribution in [1.82, 2.24) is 9.38 Å². The van der Waals surface area contributed by atoms with Gasteiger partial charge in [0.25, 0.3) is 0 Å². The summed E-state index contributed by atoms with van der Waals surface area (Å²) < 4.78 is 1.89. The van der Waals surface area contributed by atoms with Crippen molar-refractivity contribution in [1.29, 1.82) is 0 Å². The van der Waals surface area contributed by atoms with Gasteiger partial charge in [-0.15, -0.1) is 11.3 Å². The van der Waals surface area contributed by atoms with E-state index in [0.717, 1.165) is 11.3 Å². The number of fused-ring (bicyclic) bond motifs is 1. The van der Waals surface area contributed by atoms with E-state index in [-0.39, 0.29) is 0 Å². The summed E-state index contributed by atoms with van der Waals surface area (Å²) in [5.41, 5.74) is 1.86. The number of nitrogens with zero attached hydrogens (tertiary/aromatic N) is 2. The molecule has 0 aliphatic heterocycles. The van der Waals surface area contributed by atoms with Gasteiger partial charge in [0.15, 0.2) is 0 Å². The number of thiophene rings is 1. The maximum atomic E-state index is 6.09. The molecule has 0 aliphatic carbocycles. The third-order valence-corrected chi connectivity index (χ3v) is 3.77. The van der Waals surface area contributed by atoms with Crippen LogP contribution in [-0.2, 0) is 0 Å². The zero-order valence-corrected chi connectivity index (χ0v) is 10.2. The number of aromatic nitrogens is 2. The molecule has 0 N–H and O–H groups in total. The topological polar surface area (TPSA) is 17.3 Å². The van der Waals surface area contributed by atoms with Crippen molar-refractivity contribution >= 4 is 28.6 Å². The van der Waals surface area contributed by atoms with E-state index in [4.69, 9.17) is 11.6 Å². The molecule has 3 rings (SSSR count). The molecule has 4 heteroatoms. The molecule has 0 aromatic carbocycles. The quantitative estimate of drug-likeness (QED) is 0.595. The Bertz CT molecular complexity index is 654. The highest BCUT2D eigenvalue weighted by Gasteiger charge is 2.07. The van der Waals surface area contributed by atoms with Gasteiger partial charge in [0, 0.05) is 11.1 Å². The fraction of sp³-hybridized carbons (Fsp3) is 0.0833. The van der Waals surface area contributed by atoms with E-state index >= 15 is 0 Å². The van der Waals surface area contributed by atoms with Crippen LogP contribution >= 0.6 is 22.9 Å². The number of pyridine rings is 1. The molecule has 3 aromatic heterocycles. The Kier molecular flexibility index (Phi) is 2.23. The summed E-state index contributed by atoms with van der Waals surface area (Å²) in [6.45, 7) is 2.09. The second-order valence-electron chi connectivity index (χ2n) is 3.61. The zero-order valence-electron chi connectivity index (χ0n) is 8.64. The van der Waals surface area contributed by atoms with Crippen molar-refractivity contribution in [2.75, 3.05) is 0 Å². The van der Waals surface area contributed by atoms with Crippen molar-refractivity contribution < 1.29 is 0 Å². The van der Waals surface area contributed by atoms with Crippen molar-refractivity contribution in [3.05, 3.63) is 46.6 Å². The number of imidazole rings is 1. The maximum Gasteiger partial charge on any atom is 0.138 e. The molecule has 0 amide bonds. The van der Waals surface area contributed by atoms with Crippen molar-refractivity contribution in [2.45, 2.75) is 6.92 Å². The minimum Gasteiger partial charge on any atom is -0.290 e. The molecular weight excluding hydrogens is 240 g/mol. The largest absolute Gasteiger partial charge is 0.290 e. The standard InChI is InChI=1S/C12H9ClN2S/c1-8-5-6-10(16-8)9-7-15-11(13)3-2-4-12(15)14-9/h2-7H,1H3. The number of aryl methyl sites for hydroxylation is 1. The Morgan fingerprint density at radius 3 is 2.81 bits per heavy atom. The lowest BCUT2D eigenvalue weighted by molar-refractivity contribution is 1.19. The van der Waals surface area contributed by atoms with E-state index in [0.29, 0.717) is 5.15 Å². The molecule has 0 fully saturated rings. The normalized spacial score (nSPS) is 11.1. The molecule has 0 atom stereocenters. The first kappa shape index (κ1) is 9.87. The van der Waals surface area contributed by atoms with Crippen LogP contribution in [-0.4, -0.2) is 9.38 Å². The highest BCUT2D eigenvalue weighted by molar-refractivity contribution is 7.15. The van der Waals surface area contributed by atoms with Crippen LogP contribution < -0.4 is 0 Å². The molecule has 0 saturated carbocycles. The molecule has 2 nitrogen and oxygen atoms in total. The van der Waals surface area contributed by atoms with E-state index in [9.17, 15) is 0 Å². The summed E-state index contributed by atoms with van der Waals surface area (Å²) in [6.07, 6.45) is 1.98. The Balaban J connectivity index is 2.22. The van der Waals surface area contributed by atoms with Crippen LogP contribution in [0.1, 0.15) is 4.88 Å². The highest BCUT2D eigenvalue weighted by Crippen LogP contribution is 2.27. The van der Waals surface area contributed by atoms with Gasteiger partial charge in [0.05, 0.1) is 10.6 Å². The van der Waals surface area contributed by atoms with Gasteiger partial charge in [-0.2, -0.15) is 0 Å². The molecule has 80 valence electrons. The monoisotopic (exact) mass is 248 g/mol. The van der Waals surface area contributed by atoms with E-state index in [2.05, 4.69) is 24.0 Å². The van der Waals surface area contributed by atoms with Gasteiger partial charge in [0.1, 0.15) is 10.8 Å². The fourth-order valence-corrected chi connectivity index (χ4v) is 2.70. The van der Waals surface area contributed by atoms with Crippen LogP contribution in [0.2, 0.25) is 5.15 Å². The van der Waals surface area contributed by atoms with Crippen LogP contribution in [0.25, 0.3) is 16.2 Å². The van der Waals surface area contributed by atoms with Crippen LogP contribution in [0.15, 0.2) is 36.5 Å². The Labute approximate surface area is 102 Å². The predicted octanol–water partition coefficient (Wildman–Crippen LogP) is 4.02. The minimum atomic E-state index is 0.685. The lowest BCUT2D eigenvalue weighted by Crippen LogP contribution is -1.82. The van der Waals surface area contributed by atoms with Crippen LogP contribution in [0.3, 0.4) is 0 Å². The predicted molar refractivity (Wildman–Crippen MR) is 68.3 cm³/mol. The third kappa shape index (κ3) is 1.52. The first-order chi connectivity index (χ1) is 7.74. The molecule has 0 bridgehead atoms. The molecule has 16 heavy (non-hydrogen) atoms. The molecular formula is C12H9ClN2S. The summed E-state index contributed by atoms with van der Waals surface area (Å²) in [6, 6.07) is 9.92. The average molecular weight is 249 g/mol. The molecule has 3 aromatic rings. The lowest BCUT2D eigenvalue weighted by Gasteiger charge is -1.93. The second-order valence-corrected chi connectivity index (χ2v) is 5.29. The number of rotatable bonds is 1. The minimum absolute atomic E-state index is 0.685. The van der Waals surface area contributed by atoms with E-state index in [1.165, 1.54) is 9.75 Å². The Morgan fingerprint density at radius 1 is 1.25 bits per heavy atom. The SMILES string of the molecule is Cc1ccc(-c2cn3c(Cl)cccc3n2)s1. The average Bonchev–Trinajstić information content (AvgIpc) is 2.84. The van der Waals surface area contributed by atoms with Gasteiger partial charge in [-0.1, -0.05) is 17.7 Å². The molecule has 0 spiro atoms. The molecule has 0 aliphatic rings. The molecule has 0 unspecified atom stereocenters. The second kappa shape index (κ2) is 3.61. The Hall–Kier alpha value is -1.32. The maximum absolute atomic E-state index is 6.09. The van der Waals surface area contributed by atoms with Crippen LogP contribution in [0.5, 0.6) is 0 Å². The van der Waals surface area contributed by atoms with Crippen molar-refractivity contribution in [2.24, 2.45) is 0 Å². The molecule has 3 heterocycles. The first-order valence-electron chi connectivity index (χ1n) is 4.94. The molecule has 0 radical (unpaired) electrons. The highest BCUT2D eigenvalue weighted by atomic mass is 35.5. The van der Waals surface area contributed by atoms with Crippen LogP contribution in [0, 0.1) is 6.92 Å².